The predicted molar refractivity (Wildman–Crippen MR) is 115 cm³/mol. The number of hydrogen-bond acceptors (Lipinski definition) is 7. The summed E-state index contributed by atoms with van der Waals surface area (Å²) in [4.78, 5) is 34.6. The molecule has 1 aromatic heterocycles. The third kappa shape index (κ3) is 6.10. The lowest BCUT2D eigenvalue weighted by Gasteiger charge is -2.35. The molecule has 0 spiro atoms. The summed E-state index contributed by atoms with van der Waals surface area (Å²) >= 11 is 0. The Balaban J connectivity index is 1.32. The first-order valence-electron chi connectivity index (χ1n) is 11.0. The van der Waals surface area contributed by atoms with E-state index in [0.717, 1.165) is 12.1 Å². The Hall–Kier alpha value is -3.03. The average molecular weight is 481 g/mol. The van der Waals surface area contributed by atoms with Gasteiger partial charge in [0.1, 0.15) is 12.7 Å². The maximum absolute atomic E-state index is 13.2. The van der Waals surface area contributed by atoms with Gasteiger partial charge in [0.15, 0.2) is 0 Å². The molecule has 184 valence electrons. The van der Waals surface area contributed by atoms with Gasteiger partial charge in [-0.15, -0.1) is 0 Å². The number of nitrogens with one attached hydrogen (secondary N) is 1. The summed E-state index contributed by atoms with van der Waals surface area (Å²) in [5.74, 6) is -0.363. The number of benzene rings is 1. The largest absolute Gasteiger partial charge is 0.416 e. The molecule has 1 N–H and O–H groups in total. The molecule has 2 aromatic rings. The molecule has 2 amide bonds. The number of piperazine rings is 1. The quantitative estimate of drug-likeness (QED) is 0.649. The minimum Gasteiger partial charge on any atom is -0.378 e. The van der Waals surface area contributed by atoms with Crippen molar-refractivity contribution in [2.75, 3.05) is 70.9 Å². The van der Waals surface area contributed by atoms with Gasteiger partial charge in [0.2, 0.25) is 11.8 Å². The minimum absolute atomic E-state index is 0.0000637. The van der Waals surface area contributed by atoms with Crippen LogP contribution in [0, 0.1) is 0 Å². The van der Waals surface area contributed by atoms with Crippen molar-refractivity contribution in [3.63, 3.8) is 0 Å². The predicted octanol–water partition coefficient (Wildman–Crippen LogP) is 0.701. The van der Waals surface area contributed by atoms with Crippen LogP contribution in [0.3, 0.4) is 0 Å². The molecule has 10 nitrogen and oxygen atoms in total. The number of carbonyl (C=O) groups excluding carboxylic acids is 2. The molecule has 4 rings (SSSR count). The van der Waals surface area contributed by atoms with E-state index in [1.807, 2.05) is 9.80 Å². The summed E-state index contributed by atoms with van der Waals surface area (Å²) in [5, 5.41) is 6.54. The fourth-order valence-electron chi connectivity index (χ4n) is 3.95. The SMILES string of the molecule is O=C(CN1CCN(CC(=O)N2CCOCC2)CC1)Nc1cc(C(F)(F)F)ccc1-n1cncn1. The number of amides is 2. The van der Waals surface area contributed by atoms with Crippen molar-refractivity contribution in [1.29, 1.82) is 0 Å². The van der Waals surface area contributed by atoms with Crippen LogP contribution in [0.25, 0.3) is 5.69 Å². The molecule has 0 aliphatic carbocycles. The zero-order valence-electron chi connectivity index (χ0n) is 18.5. The van der Waals surface area contributed by atoms with E-state index in [1.165, 1.54) is 23.4 Å². The number of ether oxygens (including phenoxy) is 1. The van der Waals surface area contributed by atoms with Gasteiger partial charge < -0.3 is 15.0 Å². The highest BCUT2D eigenvalue weighted by Crippen LogP contribution is 2.33. The monoisotopic (exact) mass is 481 g/mol. The minimum atomic E-state index is -4.55. The topological polar surface area (TPSA) is 95.8 Å². The van der Waals surface area contributed by atoms with Gasteiger partial charge in [0.25, 0.3) is 0 Å². The fourth-order valence-corrected chi connectivity index (χ4v) is 3.95. The second-order valence-corrected chi connectivity index (χ2v) is 8.16. The Morgan fingerprint density at radius 3 is 2.29 bits per heavy atom. The van der Waals surface area contributed by atoms with Gasteiger partial charge in [0.05, 0.1) is 43.2 Å². The van der Waals surface area contributed by atoms with Crippen molar-refractivity contribution in [3.8, 4) is 5.69 Å². The van der Waals surface area contributed by atoms with Gasteiger partial charge in [0, 0.05) is 39.3 Å². The van der Waals surface area contributed by atoms with Gasteiger partial charge in [-0.05, 0) is 18.2 Å². The molecule has 2 fully saturated rings. The Kier molecular flexibility index (Phi) is 7.44. The second-order valence-electron chi connectivity index (χ2n) is 8.16. The molecule has 0 atom stereocenters. The summed E-state index contributed by atoms with van der Waals surface area (Å²) in [6.07, 6.45) is -1.95. The number of aromatic nitrogens is 3. The number of halogens is 3. The number of carbonyl (C=O) groups is 2. The maximum atomic E-state index is 13.2. The first kappa shape index (κ1) is 24.1. The van der Waals surface area contributed by atoms with E-state index in [9.17, 15) is 22.8 Å². The van der Waals surface area contributed by atoms with Crippen molar-refractivity contribution in [2.24, 2.45) is 0 Å². The van der Waals surface area contributed by atoms with Crippen LogP contribution in [-0.2, 0) is 20.5 Å². The summed E-state index contributed by atoms with van der Waals surface area (Å²) in [5.41, 5.74) is -0.587. The van der Waals surface area contributed by atoms with Crippen LogP contribution in [0.1, 0.15) is 5.56 Å². The molecule has 13 heteroatoms. The zero-order valence-corrected chi connectivity index (χ0v) is 18.5. The van der Waals surface area contributed by atoms with Crippen LogP contribution >= 0.6 is 0 Å². The highest BCUT2D eigenvalue weighted by Gasteiger charge is 2.31. The molecule has 2 aliphatic heterocycles. The van der Waals surface area contributed by atoms with E-state index in [-0.39, 0.29) is 23.8 Å². The van der Waals surface area contributed by atoms with E-state index in [4.69, 9.17) is 4.74 Å². The van der Waals surface area contributed by atoms with E-state index in [1.54, 1.807) is 4.90 Å². The first-order chi connectivity index (χ1) is 16.3. The smallest absolute Gasteiger partial charge is 0.378 e. The second kappa shape index (κ2) is 10.5. The molecule has 2 saturated heterocycles. The Bertz CT molecular complexity index is 986. The molecule has 0 radical (unpaired) electrons. The lowest BCUT2D eigenvalue weighted by Crippen LogP contribution is -2.52. The third-order valence-electron chi connectivity index (χ3n) is 5.82. The van der Waals surface area contributed by atoms with Crippen LogP contribution in [0.4, 0.5) is 18.9 Å². The number of nitrogens with zero attached hydrogens (tertiary/aromatic N) is 6. The van der Waals surface area contributed by atoms with Crippen molar-refractivity contribution >= 4 is 17.5 Å². The van der Waals surface area contributed by atoms with E-state index < -0.39 is 17.6 Å². The summed E-state index contributed by atoms with van der Waals surface area (Å²) < 4.78 is 46.2. The van der Waals surface area contributed by atoms with Crippen LogP contribution < -0.4 is 5.32 Å². The lowest BCUT2D eigenvalue weighted by atomic mass is 10.1. The molecule has 0 bridgehead atoms. The molecular formula is C21H26F3N7O3. The van der Waals surface area contributed by atoms with Crippen LogP contribution in [-0.4, -0.2) is 107 Å². The Morgan fingerprint density at radius 2 is 1.68 bits per heavy atom. The van der Waals surface area contributed by atoms with E-state index in [0.29, 0.717) is 59.0 Å². The summed E-state index contributed by atoms with van der Waals surface area (Å²) in [7, 11) is 0. The fraction of sp³-hybridized carbons (Fsp3) is 0.524. The standard InChI is InChI=1S/C21H26F3N7O3/c22-21(23,24)16-1-2-18(31-15-25-14-26-31)17(11-16)27-19(32)12-28-3-5-29(6-4-28)13-20(33)30-7-9-34-10-8-30/h1-2,11,14-15H,3-10,12-13H2,(H,27,32). The molecule has 0 unspecified atom stereocenters. The zero-order chi connectivity index (χ0) is 24.1. The Labute approximate surface area is 194 Å². The average Bonchev–Trinajstić information content (AvgIpc) is 3.35. The third-order valence-corrected chi connectivity index (χ3v) is 5.82. The van der Waals surface area contributed by atoms with E-state index >= 15 is 0 Å². The number of alkyl halides is 3. The molecule has 2 aliphatic rings. The number of hydrogen-bond donors (Lipinski definition) is 1. The molecule has 0 saturated carbocycles. The van der Waals surface area contributed by atoms with Crippen molar-refractivity contribution < 1.29 is 27.5 Å². The first-order valence-corrected chi connectivity index (χ1v) is 11.0. The molecule has 3 heterocycles. The van der Waals surface area contributed by atoms with Gasteiger partial charge in [-0.1, -0.05) is 0 Å². The molecular weight excluding hydrogens is 455 g/mol. The summed E-state index contributed by atoms with van der Waals surface area (Å²) in [6.45, 7) is 5.05. The van der Waals surface area contributed by atoms with Crippen LogP contribution in [0.15, 0.2) is 30.9 Å². The number of rotatable bonds is 6. The van der Waals surface area contributed by atoms with E-state index in [2.05, 4.69) is 15.4 Å². The summed E-state index contributed by atoms with van der Waals surface area (Å²) in [6, 6.07) is 3.07. The Morgan fingerprint density at radius 1 is 1.00 bits per heavy atom. The number of morpholine rings is 1. The van der Waals surface area contributed by atoms with Gasteiger partial charge in [-0.2, -0.15) is 18.3 Å². The van der Waals surface area contributed by atoms with Gasteiger partial charge in [-0.25, -0.2) is 9.67 Å². The van der Waals surface area contributed by atoms with Crippen molar-refractivity contribution in [2.45, 2.75) is 6.18 Å². The van der Waals surface area contributed by atoms with Gasteiger partial charge in [-0.3, -0.25) is 19.4 Å². The van der Waals surface area contributed by atoms with Gasteiger partial charge >= 0.3 is 6.18 Å². The maximum Gasteiger partial charge on any atom is 0.416 e. The van der Waals surface area contributed by atoms with Crippen LogP contribution in [0.2, 0.25) is 0 Å². The normalized spacial score (nSPS) is 18.1. The highest BCUT2D eigenvalue weighted by atomic mass is 19.4. The molecule has 34 heavy (non-hydrogen) atoms. The lowest BCUT2D eigenvalue weighted by molar-refractivity contribution is -0.138. The molecule has 1 aromatic carbocycles. The van der Waals surface area contributed by atoms with Crippen LogP contribution in [0.5, 0.6) is 0 Å². The van der Waals surface area contributed by atoms with Crippen molar-refractivity contribution in [3.05, 3.63) is 36.4 Å². The van der Waals surface area contributed by atoms with Crippen molar-refractivity contribution in [1.82, 2.24) is 29.5 Å². The highest BCUT2D eigenvalue weighted by molar-refractivity contribution is 5.94. The number of anilines is 1.